The van der Waals surface area contributed by atoms with E-state index in [4.69, 9.17) is 5.73 Å². The highest BCUT2D eigenvalue weighted by Crippen LogP contribution is 2.24. The summed E-state index contributed by atoms with van der Waals surface area (Å²) in [6, 6.07) is 9.60. The normalized spacial score (nSPS) is 10.9. The Morgan fingerprint density at radius 3 is 2.53 bits per heavy atom. The van der Waals surface area contributed by atoms with Crippen molar-refractivity contribution in [1.29, 1.82) is 0 Å². The van der Waals surface area contributed by atoms with Gasteiger partial charge in [-0.1, -0.05) is 12.1 Å². The number of anilines is 1. The van der Waals surface area contributed by atoms with Crippen molar-refractivity contribution in [2.24, 2.45) is 0 Å². The van der Waals surface area contributed by atoms with Gasteiger partial charge in [0, 0.05) is 0 Å². The minimum Gasteiger partial charge on any atom is -0.396 e. The molecule has 0 unspecified atom stereocenters. The molecule has 0 fully saturated rings. The molecule has 0 aliphatic rings. The first-order chi connectivity index (χ1) is 7.18. The highest BCUT2D eigenvalue weighted by Gasteiger charge is 2.16. The van der Waals surface area contributed by atoms with Crippen LogP contribution in [0.3, 0.4) is 0 Å². The Balaban J connectivity index is 2.43. The Kier molecular flexibility index (Phi) is 2.37. The molecule has 1 radical (unpaired) electrons. The molecule has 2 rings (SSSR count). The van der Waals surface area contributed by atoms with Crippen LogP contribution in [-0.2, 0) is 0 Å². The predicted octanol–water partition coefficient (Wildman–Crippen LogP) is 2.19. The number of halogens is 2. The van der Waals surface area contributed by atoms with Crippen molar-refractivity contribution in [3.05, 3.63) is 42.2 Å². The molecule has 0 saturated heterocycles. The van der Waals surface area contributed by atoms with Gasteiger partial charge in [-0.3, -0.25) is 0 Å². The number of aromatic nitrogens is 2. The summed E-state index contributed by atoms with van der Waals surface area (Å²) in [5.41, 5.74) is 5.69. The molecular formula is C10H8F2N3. The average Bonchev–Trinajstić information content (AvgIpc) is 2.62. The van der Waals surface area contributed by atoms with Crippen LogP contribution in [0.15, 0.2) is 30.5 Å². The molecule has 0 saturated carbocycles. The summed E-state index contributed by atoms with van der Waals surface area (Å²) >= 11 is 0. The molecule has 2 N–H and O–H groups in total. The predicted molar refractivity (Wildman–Crippen MR) is 51.8 cm³/mol. The zero-order valence-electron chi connectivity index (χ0n) is 7.69. The highest BCUT2D eigenvalue weighted by atomic mass is 19.3. The molecule has 0 aliphatic heterocycles. The number of nitrogens with zero attached hydrogens (tertiary/aromatic N) is 2. The van der Waals surface area contributed by atoms with E-state index >= 15 is 0 Å². The standard InChI is InChI=1S/C10H8F2N3/c11-10(12)9-8(13)6-15(14-9)7-4-2-1-3-5-7/h2-6,10H,13H2. The monoisotopic (exact) mass is 208 g/mol. The SMILES string of the molecule is Nc1cn(-c2cc[c]cc2)nc1C(F)F. The van der Waals surface area contributed by atoms with Gasteiger partial charge < -0.3 is 5.73 Å². The molecular weight excluding hydrogens is 200 g/mol. The van der Waals surface area contributed by atoms with Crippen LogP contribution in [0.5, 0.6) is 0 Å². The third kappa shape index (κ3) is 1.81. The lowest BCUT2D eigenvalue weighted by molar-refractivity contribution is 0.146. The van der Waals surface area contributed by atoms with Crippen molar-refractivity contribution >= 4 is 5.69 Å². The molecule has 15 heavy (non-hydrogen) atoms. The second kappa shape index (κ2) is 3.68. The van der Waals surface area contributed by atoms with Crippen LogP contribution in [0.4, 0.5) is 14.5 Å². The van der Waals surface area contributed by atoms with E-state index in [9.17, 15) is 8.78 Å². The second-order valence-electron chi connectivity index (χ2n) is 2.97. The van der Waals surface area contributed by atoms with Gasteiger partial charge in [0.1, 0.15) is 0 Å². The van der Waals surface area contributed by atoms with Crippen molar-refractivity contribution in [2.75, 3.05) is 5.73 Å². The van der Waals surface area contributed by atoms with E-state index < -0.39 is 6.43 Å². The molecule has 1 aromatic heterocycles. The van der Waals surface area contributed by atoms with Crippen molar-refractivity contribution in [2.45, 2.75) is 6.43 Å². The van der Waals surface area contributed by atoms with Gasteiger partial charge in [-0.15, -0.1) is 0 Å². The first-order valence-electron chi connectivity index (χ1n) is 4.28. The van der Waals surface area contributed by atoms with Crippen molar-refractivity contribution in [3.63, 3.8) is 0 Å². The largest absolute Gasteiger partial charge is 0.396 e. The average molecular weight is 208 g/mol. The molecule has 0 aliphatic carbocycles. The number of nitrogen functional groups attached to an aromatic ring is 1. The van der Waals surface area contributed by atoms with Gasteiger partial charge in [0.05, 0.1) is 17.6 Å². The Morgan fingerprint density at radius 2 is 2.00 bits per heavy atom. The van der Waals surface area contributed by atoms with Gasteiger partial charge in [-0.2, -0.15) is 5.10 Å². The topological polar surface area (TPSA) is 43.8 Å². The maximum Gasteiger partial charge on any atom is 0.284 e. The number of hydrogen-bond acceptors (Lipinski definition) is 2. The van der Waals surface area contributed by atoms with Gasteiger partial charge >= 0.3 is 0 Å². The van der Waals surface area contributed by atoms with Crippen LogP contribution >= 0.6 is 0 Å². The highest BCUT2D eigenvalue weighted by molar-refractivity contribution is 5.44. The Hall–Kier alpha value is -1.91. The lowest BCUT2D eigenvalue weighted by Gasteiger charge is -1.98. The fraction of sp³-hybridized carbons (Fsp3) is 0.100. The number of rotatable bonds is 2. The van der Waals surface area contributed by atoms with Gasteiger partial charge in [0.25, 0.3) is 6.43 Å². The molecule has 0 atom stereocenters. The Labute approximate surface area is 85.1 Å². The first kappa shape index (κ1) is 9.64. The molecule has 0 bridgehead atoms. The quantitative estimate of drug-likeness (QED) is 0.822. The van der Waals surface area contributed by atoms with Gasteiger partial charge in [-0.05, 0) is 18.2 Å². The van der Waals surface area contributed by atoms with Gasteiger partial charge in [0.2, 0.25) is 0 Å². The molecule has 1 heterocycles. The molecule has 0 amide bonds. The Bertz CT molecular complexity index is 451. The lowest BCUT2D eigenvalue weighted by atomic mass is 10.3. The van der Waals surface area contributed by atoms with Crippen LogP contribution in [0, 0.1) is 6.07 Å². The lowest BCUT2D eigenvalue weighted by Crippen LogP contribution is -1.96. The maximum atomic E-state index is 12.4. The maximum absolute atomic E-state index is 12.4. The third-order valence-electron chi connectivity index (χ3n) is 1.94. The van der Waals surface area contributed by atoms with E-state index in [1.165, 1.54) is 10.9 Å². The smallest absolute Gasteiger partial charge is 0.284 e. The summed E-state index contributed by atoms with van der Waals surface area (Å²) in [5.74, 6) is 0. The number of benzene rings is 1. The van der Waals surface area contributed by atoms with Crippen LogP contribution in [-0.4, -0.2) is 9.78 Å². The van der Waals surface area contributed by atoms with Crippen LogP contribution in [0.2, 0.25) is 0 Å². The summed E-state index contributed by atoms with van der Waals surface area (Å²) in [5, 5.41) is 3.71. The van der Waals surface area contributed by atoms with E-state index in [1.807, 2.05) is 0 Å². The van der Waals surface area contributed by atoms with Crippen molar-refractivity contribution < 1.29 is 8.78 Å². The fourth-order valence-electron chi connectivity index (χ4n) is 1.23. The van der Waals surface area contributed by atoms with Gasteiger partial charge in [0.15, 0.2) is 5.69 Å². The number of nitrogens with two attached hydrogens (primary N) is 1. The molecule has 0 spiro atoms. The number of hydrogen-bond donors (Lipinski definition) is 1. The molecule has 3 nitrogen and oxygen atoms in total. The zero-order chi connectivity index (χ0) is 10.8. The summed E-state index contributed by atoms with van der Waals surface area (Å²) in [7, 11) is 0. The molecule has 1 aromatic carbocycles. The first-order valence-corrected chi connectivity index (χ1v) is 4.28. The fourth-order valence-corrected chi connectivity index (χ4v) is 1.23. The summed E-state index contributed by atoms with van der Waals surface area (Å²) < 4.78 is 26.1. The number of alkyl halides is 2. The van der Waals surface area contributed by atoms with Crippen LogP contribution in [0.25, 0.3) is 5.69 Å². The minimum absolute atomic E-state index is 0.00201. The van der Waals surface area contributed by atoms with E-state index in [0.29, 0.717) is 5.69 Å². The molecule has 2 aromatic rings. The summed E-state index contributed by atoms with van der Waals surface area (Å²) in [4.78, 5) is 0. The van der Waals surface area contributed by atoms with E-state index in [0.717, 1.165) is 0 Å². The van der Waals surface area contributed by atoms with Crippen molar-refractivity contribution in [1.82, 2.24) is 9.78 Å². The molecule has 77 valence electrons. The van der Waals surface area contributed by atoms with E-state index in [1.54, 1.807) is 24.3 Å². The van der Waals surface area contributed by atoms with E-state index in [2.05, 4.69) is 11.2 Å². The van der Waals surface area contributed by atoms with E-state index in [-0.39, 0.29) is 11.4 Å². The summed E-state index contributed by atoms with van der Waals surface area (Å²) in [6.45, 7) is 0. The van der Waals surface area contributed by atoms with Gasteiger partial charge in [-0.25, -0.2) is 13.5 Å². The second-order valence-corrected chi connectivity index (χ2v) is 2.97. The third-order valence-corrected chi connectivity index (χ3v) is 1.94. The minimum atomic E-state index is -2.65. The zero-order valence-corrected chi connectivity index (χ0v) is 7.69. The summed E-state index contributed by atoms with van der Waals surface area (Å²) in [6.07, 6.45) is -1.28. The van der Waals surface area contributed by atoms with Crippen LogP contribution in [0.1, 0.15) is 12.1 Å². The Morgan fingerprint density at radius 1 is 1.33 bits per heavy atom. The van der Waals surface area contributed by atoms with Crippen molar-refractivity contribution in [3.8, 4) is 5.69 Å². The molecule has 5 heteroatoms. The van der Waals surface area contributed by atoms with Crippen LogP contribution < -0.4 is 5.73 Å².